The molecule has 0 aliphatic carbocycles. The molecular weight excluding hydrogens is 400 g/mol. The van der Waals surface area contributed by atoms with E-state index in [0.29, 0.717) is 18.8 Å². The molecule has 1 N–H and O–H groups in total. The first kappa shape index (κ1) is 22.0. The third kappa shape index (κ3) is 4.70. The van der Waals surface area contributed by atoms with E-state index in [-0.39, 0.29) is 29.4 Å². The predicted molar refractivity (Wildman–Crippen MR) is 117 cm³/mol. The van der Waals surface area contributed by atoms with Crippen molar-refractivity contribution in [3.05, 3.63) is 65.5 Å². The minimum absolute atomic E-state index is 0.121. The van der Waals surface area contributed by atoms with E-state index in [1.807, 2.05) is 49.9 Å². The largest absolute Gasteiger partial charge is 0.325 e. The molecule has 158 valence electrons. The Bertz CT molecular complexity index is 1070. The Balaban J connectivity index is 1.70. The Morgan fingerprint density at radius 2 is 1.80 bits per heavy atom. The summed E-state index contributed by atoms with van der Waals surface area (Å²) in [6, 6.07) is 13.1. The van der Waals surface area contributed by atoms with Gasteiger partial charge in [0.15, 0.2) is 5.69 Å². The van der Waals surface area contributed by atoms with E-state index in [0.717, 1.165) is 11.3 Å². The molecule has 0 aromatic heterocycles. The Labute approximate surface area is 178 Å². The number of anilines is 1. The van der Waals surface area contributed by atoms with Crippen LogP contribution in [-0.4, -0.2) is 55.2 Å². The Hall–Kier alpha value is -2.73. The van der Waals surface area contributed by atoms with E-state index in [1.54, 1.807) is 12.1 Å². The molecule has 3 rings (SSSR count). The third-order valence-corrected chi connectivity index (χ3v) is 7.35. The van der Waals surface area contributed by atoms with E-state index in [2.05, 4.69) is 10.2 Å². The van der Waals surface area contributed by atoms with Crippen LogP contribution in [0.5, 0.6) is 0 Å². The number of hydrogen-bond acceptors (Lipinski definition) is 4. The number of carbonyl (C=O) groups is 1. The summed E-state index contributed by atoms with van der Waals surface area (Å²) in [5, 5.41) is 2.93. The average molecular weight is 427 g/mol. The van der Waals surface area contributed by atoms with Crippen molar-refractivity contribution in [2.75, 3.05) is 25.0 Å². The van der Waals surface area contributed by atoms with E-state index >= 15 is 0 Å². The zero-order valence-electron chi connectivity index (χ0n) is 17.4. The monoisotopic (exact) mass is 426 g/mol. The normalized spacial score (nSPS) is 20.5. The molecule has 1 fully saturated rings. The number of nitrogens with one attached hydrogen (secondary N) is 1. The number of rotatable bonds is 5. The van der Waals surface area contributed by atoms with Gasteiger partial charge in [0.05, 0.1) is 18.0 Å². The molecule has 1 heterocycles. The van der Waals surface area contributed by atoms with Crippen molar-refractivity contribution < 1.29 is 13.2 Å². The summed E-state index contributed by atoms with van der Waals surface area (Å²) in [5.74, 6) is -0.121. The highest BCUT2D eigenvalue weighted by Gasteiger charge is 2.38. The standard InChI is InChI=1S/C22H26N4O3S/c1-16-8-5-6-11-21(16)24-22(27)15-25-13-17(2)26(18(3)14-25)30(28,29)20-10-7-9-19(12-20)23-4/h5-12,17-18H,13-15H2,1-3H3,(H,24,27). The number of carbonyl (C=O) groups excluding carboxylic acids is 1. The van der Waals surface area contributed by atoms with Crippen LogP contribution >= 0.6 is 0 Å². The molecule has 8 heteroatoms. The lowest BCUT2D eigenvalue weighted by molar-refractivity contribution is -0.118. The molecular formula is C22H26N4O3S. The first-order valence-electron chi connectivity index (χ1n) is 9.81. The number of aryl methyl sites for hydroxylation is 1. The van der Waals surface area contributed by atoms with Crippen LogP contribution in [-0.2, 0) is 14.8 Å². The van der Waals surface area contributed by atoms with Crippen LogP contribution in [0, 0.1) is 13.5 Å². The summed E-state index contributed by atoms with van der Waals surface area (Å²) in [4.78, 5) is 17.9. The zero-order valence-corrected chi connectivity index (χ0v) is 18.2. The molecule has 2 atom stereocenters. The fourth-order valence-corrected chi connectivity index (χ4v) is 5.81. The number of hydrogen-bond donors (Lipinski definition) is 1. The molecule has 0 radical (unpaired) electrons. The Kier molecular flexibility index (Phi) is 6.56. The summed E-state index contributed by atoms with van der Waals surface area (Å²) in [6.07, 6.45) is 0. The van der Waals surface area contributed by atoms with E-state index < -0.39 is 10.0 Å². The van der Waals surface area contributed by atoms with Gasteiger partial charge >= 0.3 is 0 Å². The molecule has 1 aliphatic rings. The van der Waals surface area contributed by atoms with Gasteiger partial charge in [-0.2, -0.15) is 4.31 Å². The minimum Gasteiger partial charge on any atom is -0.325 e. The van der Waals surface area contributed by atoms with E-state index in [9.17, 15) is 13.2 Å². The van der Waals surface area contributed by atoms with Crippen LogP contribution < -0.4 is 5.32 Å². The molecule has 1 amide bonds. The number of nitrogens with zero attached hydrogens (tertiary/aromatic N) is 3. The number of piperazine rings is 1. The van der Waals surface area contributed by atoms with Crippen LogP contribution in [0.3, 0.4) is 0 Å². The average Bonchev–Trinajstić information content (AvgIpc) is 2.69. The van der Waals surface area contributed by atoms with Crippen molar-refractivity contribution in [3.8, 4) is 0 Å². The second-order valence-electron chi connectivity index (χ2n) is 7.70. The highest BCUT2D eigenvalue weighted by molar-refractivity contribution is 7.89. The van der Waals surface area contributed by atoms with Gasteiger partial charge in [-0.3, -0.25) is 9.69 Å². The van der Waals surface area contributed by atoms with Crippen LogP contribution in [0.1, 0.15) is 19.4 Å². The molecule has 0 saturated carbocycles. The maximum Gasteiger partial charge on any atom is 0.242 e. The van der Waals surface area contributed by atoms with Crippen LogP contribution in [0.15, 0.2) is 53.4 Å². The van der Waals surface area contributed by atoms with Crippen molar-refractivity contribution >= 4 is 27.3 Å². The van der Waals surface area contributed by atoms with Crippen molar-refractivity contribution in [3.63, 3.8) is 0 Å². The third-order valence-electron chi connectivity index (χ3n) is 5.22. The van der Waals surface area contributed by atoms with Crippen LogP contribution in [0.25, 0.3) is 4.85 Å². The second kappa shape index (κ2) is 8.96. The van der Waals surface area contributed by atoms with Gasteiger partial charge < -0.3 is 5.32 Å². The lowest BCUT2D eigenvalue weighted by atomic mass is 10.1. The molecule has 2 aromatic rings. The fraction of sp³-hybridized carbons (Fsp3) is 0.364. The molecule has 7 nitrogen and oxygen atoms in total. The van der Waals surface area contributed by atoms with Crippen LogP contribution in [0.4, 0.5) is 11.4 Å². The molecule has 1 aliphatic heterocycles. The van der Waals surface area contributed by atoms with Gasteiger partial charge in [-0.05, 0) is 44.5 Å². The first-order valence-corrected chi connectivity index (χ1v) is 11.2. The summed E-state index contributed by atoms with van der Waals surface area (Å²) >= 11 is 0. The van der Waals surface area contributed by atoms with Crippen LogP contribution in [0.2, 0.25) is 0 Å². The highest BCUT2D eigenvalue weighted by atomic mass is 32.2. The molecule has 30 heavy (non-hydrogen) atoms. The van der Waals surface area contributed by atoms with Gasteiger partial charge in [-0.15, -0.1) is 0 Å². The summed E-state index contributed by atoms with van der Waals surface area (Å²) < 4.78 is 27.9. The summed E-state index contributed by atoms with van der Waals surface area (Å²) in [7, 11) is -3.74. The molecule has 0 bridgehead atoms. The summed E-state index contributed by atoms with van der Waals surface area (Å²) in [5.41, 5.74) is 2.07. The number of amides is 1. The molecule has 2 aromatic carbocycles. The Morgan fingerprint density at radius 1 is 1.13 bits per heavy atom. The quantitative estimate of drug-likeness (QED) is 0.745. The lowest BCUT2D eigenvalue weighted by Gasteiger charge is -2.43. The molecule has 2 unspecified atom stereocenters. The zero-order chi connectivity index (χ0) is 21.9. The molecule has 1 saturated heterocycles. The van der Waals surface area contributed by atoms with E-state index in [1.165, 1.54) is 16.4 Å². The van der Waals surface area contributed by atoms with Crippen molar-refractivity contribution in [1.82, 2.24) is 9.21 Å². The maximum atomic E-state index is 13.2. The van der Waals surface area contributed by atoms with Gasteiger partial charge in [0.25, 0.3) is 0 Å². The minimum atomic E-state index is -3.74. The highest BCUT2D eigenvalue weighted by Crippen LogP contribution is 2.27. The SMILES string of the molecule is [C-]#[N+]c1cccc(S(=O)(=O)N2C(C)CN(CC(=O)Nc3ccccc3C)CC2C)c1. The lowest BCUT2D eigenvalue weighted by Crippen LogP contribution is -2.59. The van der Waals surface area contributed by atoms with Gasteiger partial charge in [0.2, 0.25) is 15.9 Å². The van der Waals surface area contributed by atoms with Crippen molar-refractivity contribution in [2.45, 2.75) is 37.8 Å². The van der Waals surface area contributed by atoms with Gasteiger partial charge in [-0.25, -0.2) is 13.3 Å². The fourth-order valence-electron chi connectivity index (χ4n) is 3.96. The van der Waals surface area contributed by atoms with Gasteiger partial charge in [-0.1, -0.05) is 30.3 Å². The molecule has 0 spiro atoms. The number of benzene rings is 2. The van der Waals surface area contributed by atoms with Gasteiger partial charge in [0.1, 0.15) is 0 Å². The number of sulfonamides is 1. The summed E-state index contributed by atoms with van der Waals surface area (Å²) in [6.45, 7) is 13.9. The van der Waals surface area contributed by atoms with Crippen molar-refractivity contribution in [2.24, 2.45) is 0 Å². The van der Waals surface area contributed by atoms with Gasteiger partial charge in [0, 0.05) is 30.9 Å². The second-order valence-corrected chi connectivity index (χ2v) is 9.54. The topological polar surface area (TPSA) is 74.1 Å². The van der Waals surface area contributed by atoms with E-state index in [4.69, 9.17) is 6.57 Å². The maximum absolute atomic E-state index is 13.2. The first-order chi connectivity index (χ1) is 14.2. The smallest absolute Gasteiger partial charge is 0.242 e. The Morgan fingerprint density at radius 3 is 2.43 bits per heavy atom. The predicted octanol–water partition coefficient (Wildman–Crippen LogP) is 3.27. The number of para-hydroxylation sites is 1. The van der Waals surface area contributed by atoms with Crippen molar-refractivity contribution in [1.29, 1.82) is 0 Å².